The highest BCUT2D eigenvalue weighted by Crippen LogP contribution is 2.22. The van der Waals surface area contributed by atoms with E-state index < -0.39 is 15.8 Å². The van der Waals surface area contributed by atoms with E-state index in [1.165, 1.54) is 17.7 Å². The third-order valence-corrected chi connectivity index (χ3v) is 4.85. The zero-order chi connectivity index (χ0) is 18.0. The quantitative estimate of drug-likeness (QED) is 0.791. The zero-order valence-electron chi connectivity index (χ0n) is 14.4. The highest BCUT2D eigenvalue weighted by Gasteiger charge is 2.19. The molecule has 0 aromatic heterocycles. The van der Waals surface area contributed by atoms with Gasteiger partial charge in [0.25, 0.3) is 0 Å². The molecule has 5 heteroatoms. The summed E-state index contributed by atoms with van der Waals surface area (Å²) < 4.78 is 28.8. The molecule has 2 aromatic rings. The summed E-state index contributed by atoms with van der Waals surface area (Å²) >= 11 is 0. The van der Waals surface area contributed by atoms with E-state index in [1.54, 1.807) is 12.1 Å². The monoisotopic (exact) mass is 346 g/mol. The number of carbonyl (C=O) groups excluding carboxylic acids is 1. The predicted octanol–water partition coefficient (Wildman–Crippen LogP) is 3.74. The van der Waals surface area contributed by atoms with E-state index in [1.807, 2.05) is 24.3 Å². The van der Waals surface area contributed by atoms with Gasteiger partial charge in [0.15, 0.2) is 9.84 Å². The average Bonchev–Trinajstić information content (AvgIpc) is 2.51. The lowest BCUT2D eigenvalue weighted by molar-refractivity contribution is 0.0468. The molecule has 0 heterocycles. The first-order chi connectivity index (χ1) is 11.1. The van der Waals surface area contributed by atoms with Crippen LogP contribution in [0, 0.1) is 0 Å². The molecule has 24 heavy (non-hydrogen) atoms. The molecule has 2 aromatic carbocycles. The van der Waals surface area contributed by atoms with Crippen LogP contribution >= 0.6 is 0 Å². The SMILES string of the molecule is CC(C)(C)c1ccc(COC(=O)c2ccccc2S(C)(=O)=O)cc1. The first-order valence-corrected chi connectivity index (χ1v) is 9.54. The summed E-state index contributed by atoms with van der Waals surface area (Å²) in [7, 11) is -3.48. The van der Waals surface area contributed by atoms with Crippen molar-refractivity contribution in [3.05, 3.63) is 65.2 Å². The Bertz CT molecular complexity index is 828. The van der Waals surface area contributed by atoms with Gasteiger partial charge in [-0.2, -0.15) is 0 Å². The molecule has 0 spiro atoms. The highest BCUT2D eigenvalue weighted by atomic mass is 32.2. The molecule has 0 bridgehead atoms. The summed E-state index contributed by atoms with van der Waals surface area (Å²) in [4.78, 5) is 12.2. The fourth-order valence-corrected chi connectivity index (χ4v) is 3.16. The number of carbonyl (C=O) groups is 1. The maximum Gasteiger partial charge on any atom is 0.339 e. The Kier molecular flexibility index (Phi) is 5.13. The molecule has 0 aliphatic heterocycles. The molecule has 0 fully saturated rings. The van der Waals surface area contributed by atoms with E-state index in [-0.39, 0.29) is 22.5 Å². The largest absolute Gasteiger partial charge is 0.457 e. The summed E-state index contributed by atoms with van der Waals surface area (Å²) in [5.41, 5.74) is 2.17. The minimum absolute atomic E-state index is 0.0157. The van der Waals surface area contributed by atoms with E-state index in [0.717, 1.165) is 11.8 Å². The lowest BCUT2D eigenvalue weighted by Crippen LogP contribution is -2.12. The van der Waals surface area contributed by atoms with Crippen molar-refractivity contribution in [1.29, 1.82) is 0 Å². The molecular weight excluding hydrogens is 324 g/mol. The Labute approximate surface area is 143 Å². The molecule has 4 nitrogen and oxygen atoms in total. The second-order valence-electron chi connectivity index (χ2n) is 6.79. The molecule has 2 rings (SSSR count). The normalized spacial score (nSPS) is 12.0. The van der Waals surface area contributed by atoms with Crippen molar-refractivity contribution in [1.82, 2.24) is 0 Å². The third kappa shape index (κ3) is 4.45. The van der Waals surface area contributed by atoms with Crippen LogP contribution in [0.2, 0.25) is 0 Å². The number of hydrogen-bond donors (Lipinski definition) is 0. The first-order valence-electron chi connectivity index (χ1n) is 7.64. The van der Waals surface area contributed by atoms with Crippen LogP contribution in [0.15, 0.2) is 53.4 Å². The molecule has 0 atom stereocenters. The lowest BCUT2D eigenvalue weighted by Gasteiger charge is -2.19. The van der Waals surface area contributed by atoms with Crippen LogP contribution in [-0.2, 0) is 26.6 Å². The van der Waals surface area contributed by atoms with Gasteiger partial charge < -0.3 is 4.74 Å². The van der Waals surface area contributed by atoms with Crippen molar-refractivity contribution in [3.63, 3.8) is 0 Å². The van der Waals surface area contributed by atoms with Crippen molar-refractivity contribution in [3.8, 4) is 0 Å². The molecule has 0 N–H and O–H groups in total. The van der Waals surface area contributed by atoms with Crippen LogP contribution < -0.4 is 0 Å². The van der Waals surface area contributed by atoms with Crippen LogP contribution in [-0.4, -0.2) is 20.6 Å². The van der Waals surface area contributed by atoms with Gasteiger partial charge in [-0.3, -0.25) is 0 Å². The number of ether oxygens (including phenoxy) is 1. The molecule has 0 aliphatic carbocycles. The second-order valence-corrected chi connectivity index (χ2v) is 8.78. The Balaban J connectivity index is 2.12. The maximum absolute atomic E-state index is 12.2. The van der Waals surface area contributed by atoms with Crippen LogP contribution in [0.1, 0.15) is 42.3 Å². The molecular formula is C19H22O4S. The van der Waals surface area contributed by atoms with Crippen LogP contribution in [0.3, 0.4) is 0 Å². The summed E-state index contributed by atoms with van der Waals surface area (Å²) in [6.45, 7) is 6.49. The topological polar surface area (TPSA) is 60.4 Å². The number of sulfone groups is 1. The molecule has 0 radical (unpaired) electrons. The first kappa shape index (κ1) is 18.2. The smallest absolute Gasteiger partial charge is 0.339 e. The third-order valence-electron chi connectivity index (χ3n) is 3.70. The average molecular weight is 346 g/mol. The summed E-state index contributed by atoms with van der Waals surface area (Å²) in [5, 5.41) is 0. The van der Waals surface area contributed by atoms with Gasteiger partial charge in [-0.15, -0.1) is 0 Å². The Hall–Kier alpha value is -2.14. The van der Waals surface area contributed by atoms with Crippen molar-refractivity contribution in [2.45, 2.75) is 37.7 Å². The van der Waals surface area contributed by atoms with E-state index >= 15 is 0 Å². The van der Waals surface area contributed by atoms with Crippen molar-refractivity contribution in [2.24, 2.45) is 0 Å². The number of esters is 1. The van der Waals surface area contributed by atoms with E-state index in [2.05, 4.69) is 20.8 Å². The van der Waals surface area contributed by atoms with Crippen LogP contribution in [0.5, 0.6) is 0 Å². The molecule has 128 valence electrons. The van der Waals surface area contributed by atoms with Crippen LogP contribution in [0.4, 0.5) is 0 Å². The minimum Gasteiger partial charge on any atom is -0.457 e. The Morgan fingerprint density at radius 3 is 2.12 bits per heavy atom. The van der Waals surface area contributed by atoms with Gasteiger partial charge in [-0.25, -0.2) is 13.2 Å². The van der Waals surface area contributed by atoms with Crippen LogP contribution in [0.25, 0.3) is 0 Å². The second kappa shape index (κ2) is 6.77. The fraction of sp³-hybridized carbons (Fsp3) is 0.316. The fourth-order valence-electron chi connectivity index (χ4n) is 2.29. The van der Waals surface area contributed by atoms with Crippen molar-refractivity contribution < 1.29 is 17.9 Å². The number of rotatable bonds is 4. The number of benzene rings is 2. The van der Waals surface area contributed by atoms with E-state index in [0.29, 0.717) is 0 Å². The Morgan fingerprint density at radius 1 is 1.00 bits per heavy atom. The van der Waals surface area contributed by atoms with Gasteiger partial charge in [-0.1, -0.05) is 57.2 Å². The predicted molar refractivity (Wildman–Crippen MR) is 93.8 cm³/mol. The van der Waals surface area contributed by atoms with Crippen molar-refractivity contribution in [2.75, 3.05) is 6.26 Å². The van der Waals surface area contributed by atoms with Gasteiger partial charge in [0, 0.05) is 6.26 Å². The standard InChI is InChI=1S/C19H22O4S/c1-19(2,3)15-11-9-14(10-12-15)13-23-18(20)16-7-5-6-8-17(16)24(4,21)22/h5-12H,13H2,1-4H3. The maximum atomic E-state index is 12.2. The Morgan fingerprint density at radius 2 is 1.58 bits per heavy atom. The molecule has 0 aliphatic rings. The van der Waals surface area contributed by atoms with Crippen molar-refractivity contribution >= 4 is 15.8 Å². The van der Waals surface area contributed by atoms with Gasteiger partial charge in [-0.05, 0) is 28.7 Å². The van der Waals surface area contributed by atoms with E-state index in [9.17, 15) is 13.2 Å². The molecule has 0 saturated heterocycles. The molecule has 0 amide bonds. The van der Waals surface area contributed by atoms with Gasteiger partial charge >= 0.3 is 5.97 Å². The minimum atomic E-state index is -3.48. The van der Waals surface area contributed by atoms with Gasteiger partial charge in [0.05, 0.1) is 10.5 Å². The molecule has 0 saturated carbocycles. The lowest BCUT2D eigenvalue weighted by atomic mass is 9.87. The zero-order valence-corrected chi connectivity index (χ0v) is 15.2. The number of hydrogen-bond acceptors (Lipinski definition) is 4. The summed E-state index contributed by atoms with van der Waals surface area (Å²) in [6.07, 6.45) is 1.07. The summed E-state index contributed by atoms with van der Waals surface area (Å²) in [5.74, 6) is -0.643. The van der Waals surface area contributed by atoms with Gasteiger partial charge in [0.2, 0.25) is 0 Å². The molecule has 0 unspecified atom stereocenters. The van der Waals surface area contributed by atoms with Gasteiger partial charge in [0.1, 0.15) is 6.61 Å². The summed E-state index contributed by atoms with van der Waals surface area (Å²) in [6, 6.07) is 13.9. The van der Waals surface area contributed by atoms with E-state index in [4.69, 9.17) is 4.74 Å². The highest BCUT2D eigenvalue weighted by molar-refractivity contribution is 7.90.